The number of carbonyl (C=O) groups is 1. The molecule has 1 aliphatic carbocycles. The van der Waals surface area contributed by atoms with Crippen LogP contribution in [0.3, 0.4) is 0 Å². The Bertz CT molecular complexity index is 447. The molecule has 104 valence electrons. The zero-order chi connectivity index (χ0) is 14.0. The summed E-state index contributed by atoms with van der Waals surface area (Å²) in [4.78, 5) is 14.3. The van der Waals surface area contributed by atoms with Gasteiger partial charge >= 0.3 is 0 Å². The molecule has 0 heterocycles. The van der Waals surface area contributed by atoms with Crippen LogP contribution in [-0.4, -0.2) is 23.9 Å². The van der Waals surface area contributed by atoms with Crippen LogP contribution in [0.5, 0.6) is 0 Å². The second kappa shape index (κ2) is 5.83. The molecule has 1 aromatic carbocycles. The standard InChI is InChI=1S/C15H21ClN2O/c1-10-3-5-14(6-4-10)18(2)15(19)11-7-12(16)9-13(17)8-11/h7-10,14H,3-6,17H2,1-2H3. The van der Waals surface area contributed by atoms with Crippen LogP contribution in [0.1, 0.15) is 43.0 Å². The van der Waals surface area contributed by atoms with Gasteiger partial charge in [0.05, 0.1) is 0 Å². The number of amides is 1. The first-order chi connectivity index (χ1) is 8.97. The van der Waals surface area contributed by atoms with Crippen molar-refractivity contribution in [3.05, 3.63) is 28.8 Å². The van der Waals surface area contributed by atoms with Crippen LogP contribution in [0.25, 0.3) is 0 Å². The summed E-state index contributed by atoms with van der Waals surface area (Å²) in [7, 11) is 1.88. The zero-order valence-corrected chi connectivity index (χ0v) is 12.3. The number of anilines is 1. The second-order valence-electron chi connectivity index (χ2n) is 5.60. The highest BCUT2D eigenvalue weighted by atomic mass is 35.5. The van der Waals surface area contributed by atoms with Crippen LogP contribution in [0.4, 0.5) is 5.69 Å². The van der Waals surface area contributed by atoms with Gasteiger partial charge < -0.3 is 10.6 Å². The van der Waals surface area contributed by atoms with Gasteiger partial charge in [0.2, 0.25) is 0 Å². The molecule has 0 aliphatic heterocycles. The molecule has 2 rings (SSSR count). The molecule has 1 fully saturated rings. The molecule has 19 heavy (non-hydrogen) atoms. The maximum absolute atomic E-state index is 12.4. The lowest BCUT2D eigenvalue weighted by Gasteiger charge is -2.33. The van der Waals surface area contributed by atoms with Gasteiger partial charge in [-0.2, -0.15) is 0 Å². The van der Waals surface area contributed by atoms with Crippen molar-refractivity contribution >= 4 is 23.2 Å². The Balaban J connectivity index is 2.10. The quantitative estimate of drug-likeness (QED) is 0.842. The summed E-state index contributed by atoms with van der Waals surface area (Å²) in [6.45, 7) is 2.27. The van der Waals surface area contributed by atoms with E-state index in [-0.39, 0.29) is 5.91 Å². The number of nitrogens with two attached hydrogens (primary N) is 1. The molecular formula is C15H21ClN2O. The number of rotatable bonds is 2. The van der Waals surface area contributed by atoms with Gasteiger partial charge in [0, 0.05) is 29.4 Å². The molecule has 4 heteroatoms. The van der Waals surface area contributed by atoms with E-state index in [0.717, 1.165) is 18.8 Å². The van der Waals surface area contributed by atoms with E-state index in [1.165, 1.54) is 12.8 Å². The SMILES string of the molecule is CC1CCC(N(C)C(=O)c2cc(N)cc(Cl)c2)CC1. The minimum atomic E-state index is 0.00810. The van der Waals surface area contributed by atoms with Crippen LogP contribution >= 0.6 is 11.6 Å². The molecule has 0 unspecified atom stereocenters. The summed E-state index contributed by atoms with van der Waals surface area (Å²) in [5.74, 6) is 0.787. The summed E-state index contributed by atoms with van der Waals surface area (Å²) >= 11 is 5.95. The average Bonchev–Trinajstić information content (AvgIpc) is 2.37. The lowest BCUT2D eigenvalue weighted by Crippen LogP contribution is -2.39. The van der Waals surface area contributed by atoms with E-state index in [1.807, 2.05) is 11.9 Å². The first-order valence-electron chi connectivity index (χ1n) is 6.80. The fraction of sp³-hybridized carbons (Fsp3) is 0.533. The van der Waals surface area contributed by atoms with Crippen molar-refractivity contribution in [2.24, 2.45) is 5.92 Å². The van der Waals surface area contributed by atoms with Crippen molar-refractivity contribution in [1.82, 2.24) is 4.90 Å². The van der Waals surface area contributed by atoms with Gasteiger partial charge in [-0.3, -0.25) is 4.79 Å². The van der Waals surface area contributed by atoms with Crippen molar-refractivity contribution in [3.63, 3.8) is 0 Å². The van der Waals surface area contributed by atoms with Crippen LogP contribution < -0.4 is 5.73 Å². The summed E-state index contributed by atoms with van der Waals surface area (Å²) in [6, 6.07) is 5.36. The molecule has 1 aliphatic rings. The zero-order valence-electron chi connectivity index (χ0n) is 11.5. The fourth-order valence-corrected chi connectivity index (χ4v) is 2.98. The van der Waals surface area contributed by atoms with Gasteiger partial charge in [-0.05, 0) is 49.8 Å². The van der Waals surface area contributed by atoms with Crippen molar-refractivity contribution in [1.29, 1.82) is 0 Å². The van der Waals surface area contributed by atoms with Crippen molar-refractivity contribution in [2.45, 2.75) is 38.6 Å². The molecular weight excluding hydrogens is 260 g/mol. The number of halogens is 1. The van der Waals surface area contributed by atoms with Gasteiger partial charge in [0.1, 0.15) is 0 Å². The van der Waals surface area contributed by atoms with Gasteiger partial charge in [0.25, 0.3) is 5.91 Å². The fourth-order valence-electron chi connectivity index (χ4n) is 2.74. The minimum Gasteiger partial charge on any atom is -0.399 e. The summed E-state index contributed by atoms with van der Waals surface area (Å²) in [5.41, 5.74) is 6.84. The van der Waals surface area contributed by atoms with Crippen LogP contribution in [0, 0.1) is 5.92 Å². The number of benzene rings is 1. The topological polar surface area (TPSA) is 46.3 Å². The Hall–Kier alpha value is -1.22. The highest BCUT2D eigenvalue weighted by Gasteiger charge is 2.25. The van der Waals surface area contributed by atoms with Crippen molar-refractivity contribution in [2.75, 3.05) is 12.8 Å². The molecule has 0 saturated heterocycles. The molecule has 3 nitrogen and oxygen atoms in total. The predicted octanol–water partition coefficient (Wildman–Crippen LogP) is 3.57. The maximum atomic E-state index is 12.4. The highest BCUT2D eigenvalue weighted by molar-refractivity contribution is 6.31. The van der Waals surface area contributed by atoms with Gasteiger partial charge in [0.15, 0.2) is 0 Å². The molecule has 0 bridgehead atoms. The van der Waals surface area contributed by atoms with Gasteiger partial charge in [-0.1, -0.05) is 18.5 Å². The third kappa shape index (κ3) is 3.41. The summed E-state index contributed by atoms with van der Waals surface area (Å²) < 4.78 is 0. The van der Waals surface area contributed by atoms with Gasteiger partial charge in [-0.25, -0.2) is 0 Å². The van der Waals surface area contributed by atoms with E-state index in [9.17, 15) is 4.79 Å². The Morgan fingerprint density at radius 3 is 2.47 bits per heavy atom. The molecule has 0 atom stereocenters. The van der Waals surface area contributed by atoms with Crippen LogP contribution in [-0.2, 0) is 0 Å². The number of nitrogens with zero attached hydrogens (tertiary/aromatic N) is 1. The number of hydrogen-bond acceptors (Lipinski definition) is 2. The molecule has 2 N–H and O–H groups in total. The van der Waals surface area contributed by atoms with Crippen LogP contribution in [0.2, 0.25) is 5.02 Å². The first kappa shape index (κ1) is 14.2. The van der Waals surface area contributed by atoms with Crippen molar-refractivity contribution < 1.29 is 4.79 Å². The average molecular weight is 281 g/mol. The molecule has 1 amide bonds. The molecule has 1 saturated carbocycles. The Morgan fingerprint density at radius 2 is 1.89 bits per heavy atom. The summed E-state index contributed by atoms with van der Waals surface area (Å²) in [6.07, 6.45) is 4.55. The van der Waals surface area contributed by atoms with Gasteiger partial charge in [-0.15, -0.1) is 0 Å². The minimum absolute atomic E-state index is 0.00810. The van der Waals surface area contributed by atoms with Crippen molar-refractivity contribution in [3.8, 4) is 0 Å². The van der Waals surface area contributed by atoms with Crippen LogP contribution in [0.15, 0.2) is 18.2 Å². The summed E-state index contributed by atoms with van der Waals surface area (Å²) in [5, 5.41) is 0.508. The third-order valence-electron chi connectivity index (χ3n) is 4.02. The molecule has 0 spiro atoms. The number of nitrogen functional groups attached to an aromatic ring is 1. The molecule has 0 aromatic heterocycles. The Kier molecular flexibility index (Phi) is 4.35. The Labute approximate surface area is 119 Å². The normalized spacial score (nSPS) is 23.1. The highest BCUT2D eigenvalue weighted by Crippen LogP contribution is 2.27. The van der Waals surface area contributed by atoms with E-state index in [2.05, 4.69) is 6.92 Å². The third-order valence-corrected chi connectivity index (χ3v) is 4.24. The van der Waals surface area contributed by atoms with E-state index in [0.29, 0.717) is 22.3 Å². The predicted molar refractivity (Wildman–Crippen MR) is 79.4 cm³/mol. The number of hydrogen-bond donors (Lipinski definition) is 1. The number of carbonyl (C=O) groups excluding carboxylic acids is 1. The lowest BCUT2D eigenvalue weighted by molar-refractivity contribution is 0.0679. The largest absolute Gasteiger partial charge is 0.399 e. The van der Waals surface area contributed by atoms with E-state index < -0.39 is 0 Å². The smallest absolute Gasteiger partial charge is 0.253 e. The maximum Gasteiger partial charge on any atom is 0.253 e. The van der Waals surface area contributed by atoms with E-state index in [4.69, 9.17) is 17.3 Å². The lowest BCUT2D eigenvalue weighted by atomic mass is 9.86. The monoisotopic (exact) mass is 280 g/mol. The first-order valence-corrected chi connectivity index (χ1v) is 7.18. The van der Waals surface area contributed by atoms with E-state index in [1.54, 1.807) is 18.2 Å². The molecule has 1 aromatic rings. The second-order valence-corrected chi connectivity index (χ2v) is 6.04. The Morgan fingerprint density at radius 1 is 1.26 bits per heavy atom. The molecule has 0 radical (unpaired) electrons. The van der Waals surface area contributed by atoms with E-state index >= 15 is 0 Å².